The lowest BCUT2D eigenvalue weighted by Crippen LogP contribution is -2.25. The van der Waals surface area contributed by atoms with Crippen LogP contribution in [0.5, 0.6) is 0 Å². The zero-order chi connectivity index (χ0) is 9.84. The van der Waals surface area contributed by atoms with Gasteiger partial charge in [0, 0.05) is 18.2 Å². The minimum absolute atomic E-state index is 0.0973. The first-order valence-corrected chi connectivity index (χ1v) is 4.33. The smallest absolute Gasteiger partial charge is 0.130 e. The molecule has 0 saturated heterocycles. The van der Waals surface area contributed by atoms with Gasteiger partial charge in [0.25, 0.3) is 0 Å². The minimum Gasteiger partial charge on any atom is -0.329 e. The third kappa shape index (κ3) is 2.05. The summed E-state index contributed by atoms with van der Waals surface area (Å²) >= 11 is 0. The fourth-order valence-corrected chi connectivity index (χ4v) is 1.34. The second kappa shape index (κ2) is 4.35. The van der Waals surface area contributed by atoms with Crippen LogP contribution in [0.4, 0.5) is 4.39 Å². The van der Waals surface area contributed by atoms with Crippen LogP contribution in [0.1, 0.15) is 17.2 Å². The molecule has 1 unspecified atom stereocenters. The quantitative estimate of drug-likeness (QED) is 0.740. The van der Waals surface area contributed by atoms with Crippen LogP contribution in [0.3, 0.4) is 0 Å². The first-order chi connectivity index (χ1) is 6.20. The van der Waals surface area contributed by atoms with Crippen LogP contribution in [0.2, 0.25) is 0 Å². The molecule has 0 aromatic heterocycles. The van der Waals surface area contributed by atoms with Gasteiger partial charge in [-0.1, -0.05) is 18.2 Å². The van der Waals surface area contributed by atoms with E-state index in [2.05, 4.69) is 5.32 Å². The third-order valence-corrected chi connectivity index (χ3v) is 2.18. The average molecular weight is 182 g/mol. The Morgan fingerprint density at radius 3 is 2.77 bits per heavy atom. The highest BCUT2D eigenvalue weighted by atomic mass is 19.1. The number of benzene rings is 1. The van der Waals surface area contributed by atoms with Crippen LogP contribution in [0.15, 0.2) is 18.2 Å². The Hall–Kier alpha value is -0.930. The topological polar surface area (TPSA) is 38.0 Å². The molecule has 0 aliphatic heterocycles. The third-order valence-electron chi connectivity index (χ3n) is 2.18. The number of halogens is 1. The fraction of sp³-hybridized carbons (Fsp3) is 0.400. The van der Waals surface area contributed by atoms with Crippen LogP contribution in [0.25, 0.3) is 0 Å². The van der Waals surface area contributed by atoms with Crippen molar-refractivity contribution in [3.63, 3.8) is 0 Å². The lowest BCUT2D eigenvalue weighted by Gasteiger charge is -2.15. The van der Waals surface area contributed by atoms with E-state index in [4.69, 9.17) is 5.73 Å². The number of nitrogens with two attached hydrogens (primary N) is 1. The Labute approximate surface area is 77.9 Å². The SMILES string of the molecule is CNC(CN)c1cccc(C)c1F. The monoisotopic (exact) mass is 182 g/mol. The van der Waals surface area contributed by atoms with Crippen molar-refractivity contribution in [2.45, 2.75) is 13.0 Å². The molecule has 1 aromatic carbocycles. The van der Waals surface area contributed by atoms with Crippen molar-refractivity contribution in [3.8, 4) is 0 Å². The van der Waals surface area contributed by atoms with Crippen molar-refractivity contribution < 1.29 is 4.39 Å². The number of hydrogen-bond donors (Lipinski definition) is 2. The van der Waals surface area contributed by atoms with Gasteiger partial charge in [-0.15, -0.1) is 0 Å². The highest BCUT2D eigenvalue weighted by Gasteiger charge is 2.12. The molecule has 1 aromatic rings. The van der Waals surface area contributed by atoms with Crippen LogP contribution < -0.4 is 11.1 Å². The van der Waals surface area contributed by atoms with Crippen molar-refractivity contribution in [2.75, 3.05) is 13.6 Å². The Kier molecular flexibility index (Phi) is 3.39. The van der Waals surface area contributed by atoms with Gasteiger partial charge in [0.1, 0.15) is 5.82 Å². The molecule has 0 bridgehead atoms. The lowest BCUT2D eigenvalue weighted by atomic mass is 10.0. The molecule has 0 heterocycles. The number of hydrogen-bond acceptors (Lipinski definition) is 2. The second-order valence-corrected chi connectivity index (χ2v) is 3.06. The van der Waals surface area contributed by atoms with Crippen LogP contribution >= 0.6 is 0 Å². The maximum atomic E-state index is 13.5. The van der Waals surface area contributed by atoms with Gasteiger partial charge in [0.2, 0.25) is 0 Å². The predicted octanol–water partition coefficient (Wildman–Crippen LogP) is 1.35. The highest BCUT2D eigenvalue weighted by molar-refractivity contribution is 5.27. The largest absolute Gasteiger partial charge is 0.329 e. The van der Waals surface area contributed by atoms with Gasteiger partial charge >= 0.3 is 0 Å². The van der Waals surface area contributed by atoms with E-state index in [0.29, 0.717) is 17.7 Å². The first-order valence-electron chi connectivity index (χ1n) is 4.33. The summed E-state index contributed by atoms with van der Waals surface area (Å²) in [5, 5.41) is 2.97. The summed E-state index contributed by atoms with van der Waals surface area (Å²) in [5.41, 5.74) is 6.81. The van der Waals surface area contributed by atoms with E-state index in [9.17, 15) is 4.39 Å². The molecule has 0 aliphatic rings. The van der Waals surface area contributed by atoms with Gasteiger partial charge in [0.05, 0.1) is 0 Å². The predicted molar refractivity (Wildman–Crippen MR) is 52.0 cm³/mol. The summed E-state index contributed by atoms with van der Waals surface area (Å²) in [4.78, 5) is 0. The van der Waals surface area contributed by atoms with E-state index < -0.39 is 0 Å². The fourth-order valence-electron chi connectivity index (χ4n) is 1.34. The maximum absolute atomic E-state index is 13.5. The van der Waals surface area contributed by atoms with E-state index in [1.54, 1.807) is 26.1 Å². The summed E-state index contributed by atoms with van der Waals surface area (Å²) in [6, 6.07) is 5.26. The minimum atomic E-state index is -0.160. The van der Waals surface area contributed by atoms with E-state index in [1.165, 1.54) is 0 Å². The molecule has 0 spiro atoms. The van der Waals surface area contributed by atoms with Crippen molar-refractivity contribution in [2.24, 2.45) is 5.73 Å². The summed E-state index contributed by atoms with van der Waals surface area (Å²) in [6.45, 7) is 2.15. The van der Waals surface area contributed by atoms with Crippen LogP contribution in [0, 0.1) is 12.7 Å². The van der Waals surface area contributed by atoms with Gasteiger partial charge in [0.15, 0.2) is 0 Å². The molecule has 0 aliphatic carbocycles. The average Bonchev–Trinajstić information content (AvgIpc) is 2.14. The molecule has 3 N–H and O–H groups in total. The highest BCUT2D eigenvalue weighted by Crippen LogP contribution is 2.18. The summed E-state index contributed by atoms with van der Waals surface area (Å²) in [5.74, 6) is -0.160. The van der Waals surface area contributed by atoms with E-state index in [-0.39, 0.29) is 11.9 Å². The van der Waals surface area contributed by atoms with Crippen molar-refractivity contribution in [1.82, 2.24) is 5.32 Å². The first kappa shape index (κ1) is 10.2. The van der Waals surface area contributed by atoms with Gasteiger partial charge in [-0.25, -0.2) is 4.39 Å². The van der Waals surface area contributed by atoms with Gasteiger partial charge in [-0.3, -0.25) is 0 Å². The molecule has 3 heteroatoms. The number of rotatable bonds is 3. The van der Waals surface area contributed by atoms with Crippen molar-refractivity contribution >= 4 is 0 Å². The molecule has 0 fully saturated rings. The molecular weight excluding hydrogens is 167 g/mol. The number of likely N-dealkylation sites (N-methyl/N-ethyl adjacent to an activating group) is 1. The van der Waals surface area contributed by atoms with E-state index in [1.807, 2.05) is 6.07 Å². The van der Waals surface area contributed by atoms with Gasteiger partial charge in [-0.05, 0) is 19.5 Å². The zero-order valence-corrected chi connectivity index (χ0v) is 7.97. The molecule has 72 valence electrons. The standard InChI is InChI=1S/C10H15FN2/c1-7-4-3-5-8(10(7)11)9(6-12)13-2/h3-5,9,13H,6,12H2,1-2H3. The summed E-state index contributed by atoms with van der Waals surface area (Å²) in [6.07, 6.45) is 0. The number of nitrogens with one attached hydrogen (secondary N) is 1. The van der Waals surface area contributed by atoms with Crippen molar-refractivity contribution in [1.29, 1.82) is 0 Å². The molecule has 2 nitrogen and oxygen atoms in total. The van der Waals surface area contributed by atoms with Crippen LogP contribution in [-0.2, 0) is 0 Å². The molecular formula is C10H15FN2. The summed E-state index contributed by atoms with van der Waals surface area (Å²) in [7, 11) is 1.78. The normalized spacial score (nSPS) is 12.9. The zero-order valence-electron chi connectivity index (χ0n) is 7.97. The Morgan fingerprint density at radius 1 is 1.54 bits per heavy atom. The molecule has 1 rings (SSSR count). The molecule has 0 saturated carbocycles. The molecule has 1 atom stereocenters. The molecule has 13 heavy (non-hydrogen) atoms. The van der Waals surface area contributed by atoms with Crippen molar-refractivity contribution in [3.05, 3.63) is 35.1 Å². The Balaban J connectivity index is 3.05. The molecule has 0 radical (unpaired) electrons. The Bertz CT molecular complexity index is 282. The van der Waals surface area contributed by atoms with E-state index in [0.717, 1.165) is 0 Å². The maximum Gasteiger partial charge on any atom is 0.130 e. The number of aryl methyl sites for hydroxylation is 1. The van der Waals surface area contributed by atoms with E-state index >= 15 is 0 Å². The Morgan fingerprint density at radius 2 is 2.23 bits per heavy atom. The van der Waals surface area contributed by atoms with Gasteiger partial charge in [-0.2, -0.15) is 0 Å². The lowest BCUT2D eigenvalue weighted by molar-refractivity contribution is 0.537. The van der Waals surface area contributed by atoms with Gasteiger partial charge < -0.3 is 11.1 Å². The summed E-state index contributed by atoms with van der Waals surface area (Å²) < 4.78 is 13.5. The second-order valence-electron chi connectivity index (χ2n) is 3.06. The molecule has 0 amide bonds. The van der Waals surface area contributed by atoms with Crippen LogP contribution in [-0.4, -0.2) is 13.6 Å².